The van der Waals surface area contributed by atoms with Gasteiger partial charge in [-0.1, -0.05) is 107 Å². The van der Waals surface area contributed by atoms with Crippen LogP contribution in [0.1, 0.15) is 134 Å². The topological polar surface area (TPSA) is 182 Å². The summed E-state index contributed by atoms with van der Waals surface area (Å²) in [7, 11) is -4.58. The van der Waals surface area contributed by atoms with Gasteiger partial charge in [0.05, 0.1) is 54.9 Å². The molecule has 1 aliphatic rings. The second-order valence-electron chi connectivity index (χ2n) is 16.8. The van der Waals surface area contributed by atoms with E-state index in [2.05, 4.69) is 17.0 Å². The molecular formula is C46H64ClFN5O9P. The maximum atomic E-state index is 14.9. The average Bonchev–Trinajstić information content (AvgIpc) is 3.83. The van der Waals surface area contributed by atoms with Gasteiger partial charge in [-0.15, -0.1) is 0 Å². The molecule has 346 valence electrons. The molecule has 5 rings (SSSR count). The van der Waals surface area contributed by atoms with Crippen LogP contribution in [-0.2, 0) is 39.2 Å². The molecule has 2 aromatic carbocycles. The molecule has 0 radical (unpaired) electrons. The summed E-state index contributed by atoms with van der Waals surface area (Å²) in [6, 6.07) is 16.1. The second-order valence-corrected chi connectivity index (χ2v) is 18.8. The summed E-state index contributed by atoms with van der Waals surface area (Å²) in [4.78, 5) is 4.07. The highest BCUT2D eigenvalue weighted by molar-refractivity contribution is 7.49. The van der Waals surface area contributed by atoms with Gasteiger partial charge in [0, 0.05) is 18.6 Å². The molecule has 1 aliphatic heterocycles. The van der Waals surface area contributed by atoms with Crippen LogP contribution in [0, 0.1) is 17.1 Å². The number of rotatable bonds is 29. The summed E-state index contributed by atoms with van der Waals surface area (Å²) >= 11 is 6.45. The van der Waals surface area contributed by atoms with E-state index in [0.29, 0.717) is 23.6 Å². The molecule has 63 heavy (non-hydrogen) atoms. The molecule has 5 atom stereocenters. The molecule has 2 aromatic heterocycles. The van der Waals surface area contributed by atoms with E-state index in [4.69, 9.17) is 49.9 Å². The Kier molecular flexibility index (Phi) is 19.6. The lowest BCUT2D eigenvalue weighted by Gasteiger charge is -2.34. The minimum absolute atomic E-state index is 0.0331. The zero-order valence-corrected chi connectivity index (χ0v) is 38.7. The van der Waals surface area contributed by atoms with Gasteiger partial charge in [-0.2, -0.15) is 10.4 Å². The van der Waals surface area contributed by atoms with Crippen molar-refractivity contribution in [2.45, 2.75) is 147 Å². The standard InChI is InChI=1S/C46H64ClFN5O9P/c1-5-6-7-8-9-10-11-12-13-14-15-18-25-56-30-36(57-29-35-22-21-34(28-49)26-38(35)48)31-58-63(55,62-41-20-17-16-19-37(41)47)59-32-46(4)43(61-45(2,3)54)27-42(60-46)39-23-24-40-44(50)51-33-52-53(39)40/h16-17,19-24,26,33,36,42-43,54H,5-15,18,25,27,29-32H2,1-4H3,(H2,50,51,52)/t36-,42?,43+,46-,63?/m1/s1. The third kappa shape index (κ3) is 15.8. The first kappa shape index (κ1) is 50.3. The fraction of sp³-hybridized carbons (Fsp3) is 0.587. The van der Waals surface area contributed by atoms with Gasteiger partial charge in [0.25, 0.3) is 0 Å². The van der Waals surface area contributed by atoms with Crippen LogP contribution in [0.15, 0.2) is 60.9 Å². The fourth-order valence-electron chi connectivity index (χ4n) is 7.40. The van der Waals surface area contributed by atoms with E-state index in [1.807, 2.05) is 12.1 Å². The van der Waals surface area contributed by atoms with Gasteiger partial charge >= 0.3 is 7.82 Å². The van der Waals surface area contributed by atoms with E-state index in [0.717, 1.165) is 25.3 Å². The van der Waals surface area contributed by atoms with Crippen LogP contribution in [-0.4, -0.2) is 69.7 Å². The normalized spacial score (nSPS) is 19.3. The van der Waals surface area contributed by atoms with E-state index in [1.54, 1.807) is 35.7 Å². The van der Waals surface area contributed by atoms with Gasteiger partial charge < -0.3 is 34.3 Å². The van der Waals surface area contributed by atoms with E-state index >= 15 is 0 Å². The average molecular weight is 916 g/mol. The number of aliphatic hydroxyl groups is 1. The molecule has 1 fully saturated rings. The first-order chi connectivity index (χ1) is 30.2. The first-order valence-electron chi connectivity index (χ1n) is 22.1. The molecule has 3 N–H and O–H groups in total. The Morgan fingerprint density at radius 3 is 2.40 bits per heavy atom. The van der Waals surface area contributed by atoms with Crippen LogP contribution in [0.2, 0.25) is 5.02 Å². The number of nitrogens with zero attached hydrogens (tertiary/aromatic N) is 4. The van der Waals surface area contributed by atoms with Crippen LogP contribution in [0.5, 0.6) is 5.75 Å². The number of phosphoric ester groups is 1. The molecule has 17 heteroatoms. The van der Waals surface area contributed by atoms with Gasteiger partial charge in [-0.05, 0) is 63.6 Å². The molecule has 0 aliphatic carbocycles. The number of hydrogen-bond donors (Lipinski definition) is 2. The number of nitrogens with two attached hydrogens (primary N) is 1. The summed E-state index contributed by atoms with van der Waals surface area (Å²) in [5.41, 5.74) is 6.41. The van der Waals surface area contributed by atoms with Crippen molar-refractivity contribution in [1.29, 1.82) is 5.26 Å². The van der Waals surface area contributed by atoms with E-state index < -0.39 is 43.3 Å². The van der Waals surface area contributed by atoms with Crippen molar-refractivity contribution in [1.82, 2.24) is 14.6 Å². The van der Waals surface area contributed by atoms with E-state index in [-0.39, 0.29) is 54.7 Å². The molecule has 2 unspecified atom stereocenters. The maximum absolute atomic E-state index is 14.9. The van der Waals surface area contributed by atoms with Crippen molar-refractivity contribution < 1.29 is 46.6 Å². The molecule has 0 spiro atoms. The van der Waals surface area contributed by atoms with Crippen molar-refractivity contribution in [3.63, 3.8) is 0 Å². The lowest BCUT2D eigenvalue weighted by Crippen LogP contribution is -2.46. The molecule has 0 saturated carbocycles. The van der Waals surface area contributed by atoms with Crippen molar-refractivity contribution in [2.75, 3.05) is 32.2 Å². The van der Waals surface area contributed by atoms with Crippen LogP contribution in [0.3, 0.4) is 0 Å². The van der Waals surface area contributed by atoms with Gasteiger partial charge in [-0.3, -0.25) is 9.05 Å². The monoisotopic (exact) mass is 915 g/mol. The zero-order valence-electron chi connectivity index (χ0n) is 37.0. The number of benzene rings is 2. The first-order valence-corrected chi connectivity index (χ1v) is 23.9. The van der Waals surface area contributed by atoms with Crippen molar-refractivity contribution in [2.24, 2.45) is 0 Å². The zero-order chi connectivity index (χ0) is 45.3. The molecule has 14 nitrogen and oxygen atoms in total. The third-order valence-corrected chi connectivity index (χ3v) is 12.5. The van der Waals surface area contributed by atoms with Crippen LogP contribution in [0.25, 0.3) is 5.52 Å². The Bertz CT molecular complexity index is 2120. The SMILES string of the molecule is CCCCCCCCCCCCCCOC[C@H](COP(=O)(OC[C@@]1(C)OC(c2ccc3c(N)ncnn23)C[C@@H]1OC(C)(C)O)Oc1ccccc1Cl)OCc1ccc(C#N)cc1F. The van der Waals surface area contributed by atoms with Gasteiger partial charge in [-0.25, -0.2) is 18.5 Å². The Labute approximate surface area is 376 Å². The number of halogens is 2. The van der Waals surface area contributed by atoms with Gasteiger partial charge in [0.2, 0.25) is 0 Å². The quantitative estimate of drug-likeness (QED) is 0.0298. The second kappa shape index (κ2) is 24.6. The summed E-state index contributed by atoms with van der Waals surface area (Å²) in [6.07, 6.45) is 13.9. The van der Waals surface area contributed by atoms with Crippen molar-refractivity contribution in [3.8, 4) is 11.8 Å². The molecular weight excluding hydrogens is 852 g/mol. The van der Waals surface area contributed by atoms with Crippen LogP contribution >= 0.6 is 19.4 Å². The number of unbranched alkanes of at least 4 members (excludes halogenated alkanes) is 11. The minimum atomic E-state index is -4.58. The highest BCUT2D eigenvalue weighted by atomic mass is 35.5. The lowest BCUT2D eigenvalue weighted by atomic mass is 9.98. The van der Waals surface area contributed by atoms with E-state index in [1.165, 1.54) is 96.2 Å². The Morgan fingerprint density at radius 2 is 1.73 bits per heavy atom. The molecule has 1 saturated heterocycles. The molecule has 4 aromatic rings. The number of phosphoric acid groups is 1. The molecule has 0 amide bonds. The van der Waals surface area contributed by atoms with Crippen LogP contribution in [0.4, 0.5) is 10.2 Å². The van der Waals surface area contributed by atoms with Crippen molar-refractivity contribution in [3.05, 3.63) is 88.6 Å². The number of nitriles is 1. The van der Waals surface area contributed by atoms with Crippen LogP contribution < -0.4 is 10.3 Å². The highest BCUT2D eigenvalue weighted by Crippen LogP contribution is 2.53. The summed E-state index contributed by atoms with van der Waals surface area (Å²) < 4.78 is 74.2. The highest BCUT2D eigenvalue weighted by Gasteiger charge is 2.51. The Hall–Kier alpha value is -3.68. The smallest absolute Gasteiger partial charge is 0.402 e. The molecule has 0 bridgehead atoms. The number of aromatic nitrogens is 3. The van der Waals surface area contributed by atoms with Gasteiger partial charge in [0.15, 0.2) is 11.6 Å². The minimum Gasteiger partial charge on any atom is -0.402 e. The maximum Gasteiger partial charge on any atom is 0.530 e. The lowest BCUT2D eigenvalue weighted by molar-refractivity contribution is -0.234. The predicted octanol–water partition coefficient (Wildman–Crippen LogP) is 10.8. The largest absolute Gasteiger partial charge is 0.530 e. The van der Waals surface area contributed by atoms with Crippen molar-refractivity contribution >= 4 is 30.8 Å². The van der Waals surface area contributed by atoms with Gasteiger partial charge in [0.1, 0.15) is 41.2 Å². The fourth-order valence-corrected chi connectivity index (χ4v) is 8.97. The third-order valence-electron chi connectivity index (χ3n) is 10.9. The summed E-state index contributed by atoms with van der Waals surface area (Å²) in [6.45, 7) is 6.53. The Balaban J connectivity index is 1.26. The molecule has 3 heterocycles. The number of fused-ring (bicyclic) bond motifs is 1. The summed E-state index contributed by atoms with van der Waals surface area (Å²) in [5.74, 6) is -1.84. The van der Waals surface area contributed by atoms with E-state index in [9.17, 15) is 19.3 Å². The number of hydrogen-bond acceptors (Lipinski definition) is 13. The number of ether oxygens (including phenoxy) is 4. The predicted molar refractivity (Wildman–Crippen MR) is 239 cm³/mol. The Morgan fingerprint density at radius 1 is 1.03 bits per heavy atom. The number of nitrogen functional groups attached to an aromatic ring is 1. The number of para-hydroxylation sites is 1. The number of anilines is 1. The summed E-state index contributed by atoms with van der Waals surface area (Å²) in [5, 5.41) is 24.5.